The summed E-state index contributed by atoms with van der Waals surface area (Å²) in [6, 6.07) is 14.8. The average Bonchev–Trinajstić information content (AvgIpc) is 3.05. The predicted octanol–water partition coefficient (Wildman–Crippen LogP) is 6.07. The highest BCUT2D eigenvalue weighted by Gasteiger charge is 2.27. The molecule has 0 aliphatic carbocycles. The van der Waals surface area contributed by atoms with Crippen molar-refractivity contribution in [3.63, 3.8) is 0 Å². The number of carbonyl (C=O) groups excluding carboxylic acids is 1. The zero-order valence-corrected chi connectivity index (χ0v) is 18.6. The molecule has 0 fully saturated rings. The minimum absolute atomic E-state index is 0.0729. The molecule has 1 unspecified atom stereocenters. The first-order valence-electron chi connectivity index (χ1n) is 9.11. The van der Waals surface area contributed by atoms with Gasteiger partial charge in [-0.15, -0.1) is 0 Å². The lowest BCUT2D eigenvalue weighted by Gasteiger charge is -2.25. The zero-order chi connectivity index (χ0) is 21.1. The monoisotopic (exact) mass is 470 g/mol. The molecule has 0 spiro atoms. The van der Waals surface area contributed by atoms with Gasteiger partial charge in [0.05, 0.1) is 23.4 Å². The molecule has 1 heterocycles. The van der Waals surface area contributed by atoms with Crippen LogP contribution in [-0.4, -0.2) is 15.8 Å². The second-order valence-electron chi connectivity index (χ2n) is 7.00. The number of rotatable bonds is 6. The summed E-state index contributed by atoms with van der Waals surface area (Å²) in [5, 5.41) is 13.3. The lowest BCUT2D eigenvalue weighted by atomic mass is 9.99. The van der Waals surface area contributed by atoms with Gasteiger partial charge in [-0.05, 0) is 72.1 Å². The minimum atomic E-state index is -0.374. The Balaban J connectivity index is 2.22. The number of aromatic nitrogens is 2. The standard InChI is InChI=1S/C22H20BrClN4O/c1-13(2)28-21(19(12-29)27-22(28)23)20(16-7-5-15(11-25)6-8-16)26-18-10-17(24)9-4-14(18)3/h4-10,12-13,20,26H,1-3H3. The summed E-state index contributed by atoms with van der Waals surface area (Å²) >= 11 is 9.70. The number of anilines is 1. The summed E-state index contributed by atoms with van der Waals surface area (Å²) in [7, 11) is 0. The first kappa shape index (κ1) is 21.1. The lowest BCUT2D eigenvalue weighted by molar-refractivity contribution is 0.111. The van der Waals surface area contributed by atoms with Crippen molar-refractivity contribution in [2.24, 2.45) is 0 Å². The summed E-state index contributed by atoms with van der Waals surface area (Å²) in [6.45, 7) is 6.06. The third-order valence-electron chi connectivity index (χ3n) is 4.71. The van der Waals surface area contributed by atoms with E-state index in [0.717, 1.165) is 28.8 Å². The topological polar surface area (TPSA) is 70.7 Å². The Morgan fingerprint density at radius 2 is 1.93 bits per heavy atom. The second-order valence-corrected chi connectivity index (χ2v) is 8.15. The highest BCUT2D eigenvalue weighted by molar-refractivity contribution is 9.10. The van der Waals surface area contributed by atoms with E-state index in [1.165, 1.54) is 0 Å². The number of nitrogens with zero attached hydrogens (tertiary/aromatic N) is 3. The summed E-state index contributed by atoms with van der Waals surface area (Å²) in [5.74, 6) is 0. The third-order valence-corrected chi connectivity index (χ3v) is 5.50. The van der Waals surface area contributed by atoms with Crippen LogP contribution in [-0.2, 0) is 0 Å². The Morgan fingerprint density at radius 3 is 2.52 bits per heavy atom. The van der Waals surface area contributed by atoms with Crippen LogP contribution >= 0.6 is 27.5 Å². The average molecular weight is 472 g/mol. The first-order chi connectivity index (χ1) is 13.8. The number of aryl methyl sites for hydroxylation is 1. The Labute approximate surface area is 183 Å². The predicted molar refractivity (Wildman–Crippen MR) is 119 cm³/mol. The molecule has 1 aromatic heterocycles. The van der Waals surface area contributed by atoms with Gasteiger partial charge in [0.15, 0.2) is 11.0 Å². The van der Waals surface area contributed by atoms with E-state index >= 15 is 0 Å². The van der Waals surface area contributed by atoms with E-state index in [0.29, 0.717) is 21.0 Å². The van der Waals surface area contributed by atoms with Crippen LogP contribution in [0.3, 0.4) is 0 Å². The summed E-state index contributed by atoms with van der Waals surface area (Å²) in [5.41, 5.74) is 4.45. The van der Waals surface area contributed by atoms with Gasteiger partial charge < -0.3 is 9.88 Å². The van der Waals surface area contributed by atoms with Crippen molar-refractivity contribution >= 4 is 39.5 Å². The molecule has 0 radical (unpaired) electrons. The van der Waals surface area contributed by atoms with E-state index in [1.807, 2.05) is 55.7 Å². The van der Waals surface area contributed by atoms with Gasteiger partial charge in [0.25, 0.3) is 0 Å². The van der Waals surface area contributed by atoms with Gasteiger partial charge in [-0.3, -0.25) is 4.79 Å². The van der Waals surface area contributed by atoms with Gasteiger partial charge in [0, 0.05) is 16.8 Å². The molecule has 29 heavy (non-hydrogen) atoms. The molecule has 0 amide bonds. The fourth-order valence-electron chi connectivity index (χ4n) is 3.26. The minimum Gasteiger partial charge on any atom is -0.373 e. The Kier molecular flexibility index (Phi) is 6.41. The lowest BCUT2D eigenvalue weighted by Crippen LogP contribution is -2.20. The zero-order valence-electron chi connectivity index (χ0n) is 16.3. The maximum atomic E-state index is 11.8. The molecule has 1 N–H and O–H groups in total. The number of nitrogens with one attached hydrogen (secondary N) is 1. The first-order valence-corrected chi connectivity index (χ1v) is 10.3. The van der Waals surface area contributed by atoms with Crippen molar-refractivity contribution in [3.8, 4) is 6.07 Å². The van der Waals surface area contributed by atoms with Gasteiger partial charge in [0.1, 0.15) is 5.69 Å². The van der Waals surface area contributed by atoms with Crippen molar-refractivity contribution in [1.82, 2.24) is 9.55 Å². The summed E-state index contributed by atoms with van der Waals surface area (Å²) in [6.07, 6.45) is 0.766. The van der Waals surface area contributed by atoms with Crippen molar-refractivity contribution in [1.29, 1.82) is 5.26 Å². The van der Waals surface area contributed by atoms with Crippen molar-refractivity contribution in [2.45, 2.75) is 32.9 Å². The van der Waals surface area contributed by atoms with Crippen LogP contribution in [0.25, 0.3) is 0 Å². The molecular formula is C22H20BrClN4O. The Morgan fingerprint density at radius 1 is 1.24 bits per heavy atom. The fraction of sp³-hybridized carbons (Fsp3) is 0.227. The number of nitriles is 1. The van der Waals surface area contributed by atoms with Crippen molar-refractivity contribution in [2.75, 3.05) is 5.32 Å². The highest BCUT2D eigenvalue weighted by Crippen LogP contribution is 2.34. The fourth-order valence-corrected chi connectivity index (χ4v) is 4.23. The van der Waals surface area contributed by atoms with E-state index in [-0.39, 0.29) is 12.1 Å². The Hall–Kier alpha value is -2.62. The number of hydrogen-bond donors (Lipinski definition) is 1. The number of carbonyl (C=O) groups is 1. The van der Waals surface area contributed by atoms with Crippen LogP contribution in [0.2, 0.25) is 5.02 Å². The van der Waals surface area contributed by atoms with E-state index in [1.54, 1.807) is 12.1 Å². The normalized spacial score (nSPS) is 11.9. The van der Waals surface area contributed by atoms with Gasteiger partial charge >= 0.3 is 0 Å². The number of halogens is 2. The van der Waals surface area contributed by atoms with Crippen LogP contribution in [0.1, 0.15) is 58.8 Å². The van der Waals surface area contributed by atoms with E-state index in [2.05, 4.69) is 32.3 Å². The largest absolute Gasteiger partial charge is 0.373 e. The number of imidazole rings is 1. The summed E-state index contributed by atoms with van der Waals surface area (Å²) < 4.78 is 2.58. The van der Waals surface area contributed by atoms with Crippen LogP contribution in [0.4, 0.5) is 5.69 Å². The van der Waals surface area contributed by atoms with Crippen LogP contribution in [0.5, 0.6) is 0 Å². The Bertz CT molecular complexity index is 1080. The molecule has 1 atom stereocenters. The van der Waals surface area contributed by atoms with Gasteiger partial charge in [-0.25, -0.2) is 4.98 Å². The van der Waals surface area contributed by atoms with E-state index in [9.17, 15) is 4.79 Å². The van der Waals surface area contributed by atoms with Gasteiger partial charge in [0.2, 0.25) is 0 Å². The number of hydrogen-bond acceptors (Lipinski definition) is 4. The summed E-state index contributed by atoms with van der Waals surface area (Å²) in [4.78, 5) is 16.2. The van der Waals surface area contributed by atoms with Crippen LogP contribution in [0, 0.1) is 18.3 Å². The molecule has 3 aromatic rings. The molecular weight excluding hydrogens is 452 g/mol. The number of aldehydes is 1. The molecule has 5 nitrogen and oxygen atoms in total. The molecule has 0 aliphatic rings. The van der Waals surface area contributed by atoms with Gasteiger partial charge in [-0.1, -0.05) is 29.8 Å². The molecule has 7 heteroatoms. The van der Waals surface area contributed by atoms with Crippen LogP contribution in [0.15, 0.2) is 47.2 Å². The molecule has 2 aromatic carbocycles. The molecule has 0 saturated heterocycles. The maximum absolute atomic E-state index is 11.8. The molecule has 0 bridgehead atoms. The third kappa shape index (κ3) is 4.36. The van der Waals surface area contributed by atoms with E-state index < -0.39 is 0 Å². The van der Waals surface area contributed by atoms with E-state index in [4.69, 9.17) is 16.9 Å². The smallest absolute Gasteiger partial charge is 0.178 e. The van der Waals surface area contributed by atoms with Crippen molar-refractivity contribution < 1.29 is 4.79 Å². The van der Waals surface area contributed by atoms with Crippen LogP contribution < -0.4 is 5.32 Å². The highest BCUT2D eigenvalue weighted by atomic mass is 79.9. The second kappa shape index (κ2) is 8.81. The maximum Gasteiger partial charge on any atom is 0.178 e. The SMILES string of the molecule is Cc1ccc(Cl)cc1NC(c1ccc(C#N)cc1)c1c(C=O)nc(Br)n1C(C)C. The van der Waals surface area contributed by atoms with Crippen molar-refractivity contribution in [3.05, 3.63) is 80.3 Å². The quantitative estimate of drug-likeness (QED) is 0.443. The molecule has 3 rings (SSSR count). The molecule has 0 aliphatic heterocycles. The molecule has 0 saturated carbocycles. The number of benzene rings is 2. The van der Waals surface area contributed by atoms with Gasteiger partial charge in [-0.2, -0.15) is 5.26 Å². The molecule has 148 valence electrons.